The molecule has 0 saturated carbocycles. The molecule has 0 spiro atoms. The summed E-state index contributed by atoms with van der Waals surface area (Å²) in [4.78, 5) is 12.4. The Hall–Kier alpha value is -1.15. The molecule has 1 atom stereocenters. The molecular weight excluding hydrogens is 338 g/mol. The van der Waals surface area contributed by atoms with E-state index in [1.807, 2.05) is 6.92 Å². The van der Waals surface area contributed by atoms with Crippen molar-refractivity contribution < 1.29 is 13.2 Å². The monoisotopic (exact) mass is 363 g/mol. The number of nitrogens with one attached hydrogen (secondary N) is 2. The standard InChI is InChI=1S/C15H25N3O3S.ClH/c1-11(2)9-15(3,10-16)18-14(19)12-5-7-13(8-6-12)22(20,21)17-4;/h5-8,11,17H,9-10,16H2,1-4H3,(H,18,19);1H. The van der Waals surface area contributed by atoms with Gasteiger partial charge in [0.2, 0.25) is 10.0 Å². The van der Waals surface area contributed by atoms with Gasteiger partial charge in [0.25, 0.3) is 5.91 Å². The van der Waals surface area contributed by atoms with Crippen LogP contribution in [0.4, 0.5) is 0 Å². The van der Waals surface area contributed by atoms with E-state index in [1.165, 1.54) is 31.3 Å². The quantitative estimate of drug-likeness (QED) is 0.683. The van der Waals surface area contributed by atoms with E-state index >= 15 is 0 Å². The second-order valence-corrected chi connectivity index (χ2v) is 7.94. The highest BCUT2D eigenvalue weighted by Crippen LogP contribution is 2.17. The number of benzene rings is 1. The zero-order valence-corrected chi connectivity index (χ0v) is 15.6. The van der Waals surface area contributed by atoms with Gasteiger partial charge >= 0.3 is 0 Å². The molecule has 0 heterocycles. The third-order valence-electron chi connectivity index (χ3n) is 3.42. The average Bonchev–Trinajstić information content (AvgIpc) is 2.46. The number of carbonyl (C=O) groups is 1. The first kappa shape index (κ1) is 21.9. The molecule has 0 radical (unpaired) electrons. The summed E-state index contributed by atoms with van der Waals surface area (Å²) in [5, 5.41) is 2.93. The minimum atomic E-state index is -3.50. The van der Waals surface area contributed by atoms with Gasteiger partial charge in [0.1, 0.15) is 0 Å². The summed E-state index contributed by atoms with van der Waals surface area (Å²) in [6, 6.07) is 5.80. The Kier molecular flexibility index (Phi) is 8.20. The van der Waals surface area contributed by atoms with Gasteiger partial charge in [-0.25, -0.2) is 13.1 Å². The number of hydrogen-bond acceptors (Lipinski definition) is 4. The molecule has 1 rings (SSSR count). The Bertz CT molecular complexity index is 617. The maximum Gasteiger partial charge on any atom is 0.251 e. The summed E-state index contributed by atoms with van der Waals surface area (Å²) in [7, 11) is -2.16. The number of amides is 1. The Morgan fingerprint density at radius 2 is 1.78 bits per heavy atom. The van der Waals surface area contributed by atoms with Crippen LogP contribution in [-0.2, 0) is 10.0 Å². The van der Waals surface area contributed by atoms with Gasteiger partial charge < -0.3 is 11.1 Å². The van der Waals surface area contributed by atoms with E-state index in [0.29, 0.717) is 18.0 Å². The van der Waals surface area contributed by atoms with Crippen molar-refractivity contribution in [1.82, 2.24) is 10.0 Å². The Labute approximate surface area is 144 Å². The molecule has 6 nitrogen and oxygen atoms in total. The lowest BCUT2D eigenvalue weighted by molar-refractivity contribution is 0.0898. The molecule has 0 aliphatic carbocycles. The fourth-order valence-corrected chi connectivity index (χ4v) is 3.07. The van der Waals surface area contributed by atoms with Crippen LogP contribution < -0.4 is 15.8 Å². The SMILES string of the molecule is CNS(=O)(=O)c1ccc(C(=O)NC(C)(CN)CC(C)C)cc1.Cl. The van der Waals surface area contributed by atoms with Gasteiger partial charge in [-0.15, -0.1) is 12.4 Å². The summed E-state index contributed by atoms with van der Waals surface area (Å²) >= 11 is 0. The van der Waals surface area contributed by atoms with Gasteiger partial charge in [-0.1, -0.05) is 13.8 Å². The largest absolute Gasteiger partial charge is 0.346 e. The van der Waals surface area contributed by atoms with E-state index in [1.54, 1.807) is 0 Å². The Morgan fingerprint density at radius 1 is 1.26 bits per heavy atom. The molecule has 4 N–H and O–H groups in total. The number of carbonyl (C=O) groups excluding carboxylic acids is 1. The van der Waals surface area contributed by atoms with Crippen molar-refractivity contribution in [3.63, 3.8) is 0 Å². The number of hydrogen-bond donors (Lipinski definition) is 3. The first-order valence-electron chi connectivity index (χ1n) is 7.20. The molecule has 1 aromatic carbocycles. The maximum absolute atomic E-state index is 12.3. The molecule has 0 bridgehead atoms. The van der Waals surface area contributed by atoms with E-state index in [9.17, 15) is 13.2 Å². The van der Waals surface area contributed by atoms with E-state index in [0.717, 1.165) is 6.42 Å². The zero-order chi connectivity index (χ0) is 17.0. The summed E-state index contributed by atoms with van der Waals surface area (Å²) in [6.45, 7) is 6.38. The second kappa shape index (κ2) is 8.63. The summed E-state index contributed by atoms with van der Waals surface area (Å²) < 4.78 is 25.5. The van der Waals surface area contributed by atoms with Crippen molar-refractivity contribution in [2.24, 2.45) is 11.7 Å². The minimum Gasteiger partial charge on any atom is -0.346 e. The lowest BCUT2D eigenvalue weighted by atomic mass is 9.90. The van der Waals surface area contributed by atoms with Crippen LogP contribution in [0.25, 0.3) is 0 Å². The zero-order valence-electron chi connectivity index (χ0n) is 13.9. The summed E-state index contributed by atoms with van der Waals surface area (Å²) in [6.07, 6.45) is 0.765. The van der Waals surface area contributed by atoms with Crippen LogP contribution in [0, 0.1) is 5.92 Å². The highest BCUT2D eigenvalue weighted by atomic mass is 35.5. The van der Waals surface area contributed by atoms with Crippen LogP contribution in [0.2, 0.25) is 0 Å². The predicted octanol–water partition coefficient (Wildman–Crippen LogP) is 1.51. The molecule has 132 valence electrons. The fourth-order valence-electron chi connectivity index (χ4n) is 2.34. The minimum absolute atomic E-state index is 0. The molecule has 0 aliphatic rings. The molecule has 0 aromatic heterocycles. The van der Waals surface area contributed by atoms with Crippen molar-refractivity contribution in [3.8, 4) is 0 Å². The van der Waals surface area contributed by atoms with Crippen LogP contribution in [-0.4, -0.2) is 33.5 Å². The summed E-state index contributed by atoms with van der Waals surface area (Å²) in [5.41, 5.74) is 5.69. The van der Waals surface area contributed by atoms with Crippen LogP contribution >= 0.6 is 12.4 Å². The van der Waals surface area contributed by atoms with Crippen LogP contribution in [0.3, 0.4) is 0 Å². The van der Waals surface area contributed by atoms with Crippen molar-refractivity contribution in [2.75, 3.05) is 13.6 Å². The van der Waals surface area contributed by atoms with E-state index in [2.05, 4.69) is 23.9 Å². The molecular formula is C15H26ClN3O3S. The molecule has 0 fully saturated rings. The Balaban J connectivity index is 0.00000484. The molecule has 0 saturated heterocycles. The van der Waals surface area contributed by atoms with Crippen LogP contribution in [0.5, 0.6) is 0 Å². The van der Waals surface area contributed by atoms with Crippen molar-refractivity contribution in [3.05, 3.63) is 29.8 Å². The topological polar surface area (TPSA) is 101 Å². The average molecular weight is 364 g/mol. The number of halogens is 1. The summed E-state index contributed by atoms with van der Waals surface area (Å²) in [5.74, 6) is 0.138. The molecule has 1 aromatic rings. The van der Waals surface area contributed by atoms with E-state index in [-0.39, 0.29) is 23.2 Å². The molecule has 8 heteroatoms. The molecule has 1 unspecified atom stereocenters. The predicted molar refractivity (Wildman–Crippen MR) is 94.3 cm³/mol. The second-order valence-electron chi connectivity index (χ2n) is 6.05. The van der Waals surface area contributed by atoms with Gasteiger partial charge in [-0.3, -0.25) is 4.79 Å². The first-order chi connectivity index (χ1) is 10.1. The third kappa shape index (κ3) is 6.10. The smallest absolute Gasteiger partial charge is 0.251 e. The van der Waals surface area contributed by atoms with Crippen molar-refractivity contribution >= 4 is 28.3 Å². The van der Waals surface area contributed by atoms with Gasteiger partial charge in [0, 0.05) is 17.6 Å². The van der Waals surface area contributed by atoms with Crippen LogP contribution in [0.1, 0.15) is 37.6 Å². The van der Waals surface area contributed by atoms with Crippen LogP contribution in [0.15, 0.2) is 29.2 Å². The first-order valence-corrected chi connectivity index (χ1v) is 8.68. The van der Waals surface area contributed by atoms with Gasteiger partial charge in [0.15, 0.2) is 0 Å². The number of nitrogens with two attached hydrogens (primary N) is 1. The maximum atomic E-state index is 12.3. The fraction of sp³-hybridized carbons (Fsp3) is 0.533. The highest BCUT2D eigenvalue weighted by molar-refractivity contribution is 7.89. The van der Waals surface area contributed by atoms with Crippen molar-refractivity contribution in [2.45, 2.75) is 37.6 Å². The third-order valence-corrected chi connectivity index (χ3v) is 4.85. The van der Waals surface area contributed by atoms with Crippen molar-refractivity contribution in [1.29, 1.82) is 0 Å². The van der Waals surface area contributed by atoms with Gasteiger partial charge in [0.05, 0.1) is 4.90 Å². The van der Waals surface area contributed by atoms with E-state index in [4.69, 9.17) is 5.73 Å². The number of sulfonamides is 1. The molecule has 0 aliphatic heterocycles. The Morgan fingerprint density at radius 3 is 2.17 bits per heavy atom. The molecule has 23 heavy (non-hydrogen) atoms. The number of rotatable bonds is 7. The van der Waals surface area contributed by atoms with Gasteiger partial charge in [-0.05, 0) is 50.6 Å². The van der Waals surface area contributed by atoms with Gasteiger partial charge in [-0.2, -0.15) is 0 Å². The normalized spacial score (nSPS) is 14.0. The lowest BCUT2D eigenvalue weighted by Gasteiger charge is -2.31. The van der Waals surface area contributed by atoms with E-state index < -0.39 is 15.6 Å². The highest BCUT2D eigenvalue weighted by Gasteiger charge is 2.26. The molecule has 1 amide bonds. The lowest BCUT2D eigenvalue weighted by Crippen LogP contribution is -2.52.